The number of amides is 1. The summed E-state index contributed by atoms with van der Waals surface area (Å²) in [5.41, 5.74) is -0.0623. The third-order valence-electron chi connectivity index (χ3n) is 3.65. The van der Waals surface area contributed by atoms with Gasteiger partial charge >= 0.3 is 0 Å². The van der Waals surface area contributed by atoms with Crippen LogP contribution in [0.25, 0.3) is 0 Å². The first kappa shape index (κ1) is 24.2. The first-order valence-corrected chi connectivity index (χ1v) is 9.97. The van der Waals surface area contributed by atoms with Crippen molar-refractivity contribution in [2.45, 2.75) is 9.96 Å². The van der Waals surface area contributed by atoms with Crippen LogP contribution < -0.4 is 20.7 Å². The van der Waals surface area contributed by atoms with Gasteiger partial charge in [-0.3, -0.25) is 14.9 Å². The lowest BCUT2D eigenvalue weighted by molar-refractivity contribution is -0.384. The molecule has 0 unspecified atom stereocenters. The molecular formula is C17H14Cl4N4O4S. The Morgan fingerprint density at radius 3 is 2.43 bits per heavy atom. The molecule has 0 fully saturated rings. The highest BCUT2D eigenvalue weighted by molar-refractivity contribution is 7.80. The Bertz CT molecular complexity index is 971. The average molecular weight is 512 g/mol. The third-order valence-corrected chi connectivity index (χ3v) is 4.85. The highest BCUT2D eigenvalue weighted by Gasteiger charge is 2.35. The van der Waals surface area contributed by atoms with Crippen LogP contribution in [0.4, 0.5) is 11.4 Å². The summed E-state index contributed by atoms with van der Waals surface area (Å²) in [4.78, 5) is 23.2. The highest BCUT2D eigenvalue weighted by atomic mass is 35.6. The minimum Gasteiger partial charge on any atom is -0.496 e. The number of alkyl halides is 3. The van der Waals surface area contributed by atoms with Crippen molar-refractivity contribution >= 4 is 81.0 Å². The van der Waals surface area contributed by atoms with E-state index in [1.807, 2.05) is 0 Å². The van der Waals surface area contributed by atoms with Gasteiger partial charge in [0.1, 0.15) is 17.6 Å². The van der Waals surface area contributed by atoms with E-state index in [4.69, 9.17) is 63.4 Å². The standard InChI is InChI=1S/C17H14Cl4N4O4S/c1-29-9-6-7-12(13(8-9)25(27)28)22-16(30)24-15(17(19,20)21)23-14(26)10-4-2-3-5-11(10)18/h2-8,15H,1H3,(H,23,26)(H2,22,24,30)/t15-/m0/s1. The molecule has 2 aromatic rings. The number of carbonyl (C=O) groups is 1. The fourth-order valence-electron chi connectivity index (χ4n) is 2.24. The number of nitrogens with one attached hydrogen (secondary N) is 3. The SMILES string of the molecule is COc1ccc(NC(=S)N[C@H](NC(=O)c2ccccc2Cl)C(Cl)(Cl)Cl)c([N+](=O)[O-])c1. The lowest BCUT2D eigenvalue weighted by Gasteiger charge is -2.28. The molecular weight excluding hydrogens is 498 g/mol. The number of nitro benzene ring substituents is 1. The largest absolute Gasteiger partial charge is 0.496 e. The number of methoxy groups -OCH3 is 1. The van der Waals surface area contributed by atoms with E-state index in [2.05, 4.69) is 16.0 Å². The van der Waals surface area contributed by atoms with Crippen molar-refractivity contribution in [3.8, 4) is 5.75 Å². The predicted molar refractivity (Wildman–Crippen MR) is 122 cm³/mol. The Kier molecular flexibility index (Phi) is 8.34. The van der Waals surface area contributed by atoms with Gasteiger partial charge in [0.2, 0.25) is 3.79 Å². The number of benzene rings is 2. The van der Waals surface area contributed by atoms with E-state index in [0.29, 0.717) is 0 Å². The molecule has 0 radical (unpaired) electrons. The molecule has 0 aliphatic rings. The summed E-state index contributed by atoms with van der Waals surface area (Å²) in [6.07, 6.45) is -1.29. The fourth-order valence-corrected chi connectivity index (χ4v) is 3.02. The molecule has 0 saturated carbocycles. The van der Waals surface area contributed by atoms with Gasteiger partial charge in [-0.15, -0.1) is 0 Å². The zero-order chi connectivity index (χ0) is 22.5. The Morgan fingerprint density at radius 2 is 1.87 bits per heavy atom. The molecule has 2 aromatic carbocycles. The van der Waals surface area contributed by atoms with Gasteiger partial charge < -0.3 is 20.7 Å². The van der Waals surface area contributed by atoms with E-state index in [1.165, 1.54) is 37.4 Å². The van der Waals surface area contributed by atoms with E-state index < -0.39 is 20.8 Å². The van der Waals surface area contributed by atoms with Gasteiger partial charge in [-0.05, 0) is 36.5 Å². The zero-order valence-corrected chi connectivity index (χ0v) is 19.0. The first-order valence-electron chi connectivity index (χ1n) is 8.05. The summed E-state index contributed by atoms with van der Waals surface area (Å²) in [5, 5.41) is 19.1. The van der Waals surface area contributed by atoms with E-state index in [0.717, 1.165) is 0 Å². The molecule has 0 aromatic heterocycles. The summed E-state index contributed by atoms with van der Waals surface area (Å²) >= 11 is 29.0. The molecule has 0 saturated heterocycles. The summed E-state index contributed by atoms with van der Waals surface area (Å²) in [6.45, 7) is 0. The maximum absolute atomic E-state index is 12.5. The number of ether oxygens (including phenoxy) is 1. The number of rotatable bonds is 6. The molecule has 160 valence electrons. The average Bonchev–Trinajstić information content (AvgIpc) is 2.67. The van der Waals surface area contributed by atoms with Gasteiger partial charge in [0.25, 0.3) is 11.6 Å². The maximum Gasteiger partial charge on any atom is 0.296 e. The van der Waals surface area contributed by atoms with Gasteiger partial charge in [0.15, 0.2) is 5.11 Å². The summed E-state index contributed by atoms with van der Waals surface area (Å²) in [7, 11) is 1.38. The molecule has 3 N–H and O–H groups in total. The molecule has 1 atom stereocenters. The quantitative estimate of drug-likeness (QED) is 0.170. The molecule has 1 amide bonds. The normalized spacial score (nSPS) is 11.9. The second-order valence-corrected chi connectivity index (χ2v) is 8.85. The van der Waals surface area contributed by atoms with Crippen molar-refractivity contribution in [3.63, 3.8) is 0 Å². The molecule has 8 nitrogen and oxygen atoms in total. The van der Waals surface area contributed by atoms with Crippen LogP contribution in [-0.4, -0.2) is 33.0 Å². The number of carbonyl (C=O) groups excluding carboxylic acids is 1. The van der Waals surface area contributed by atoms with Crippen LogP contribution >= 0.6 is 58.6 Å². The van der Waals surface area contributed by atoms with Gasteiger partial charge in [-0.2, -0.15) is 0 Å². The van der Waals surface area contributed by atoms with Crippen LogP contribution in [0.2, 0.25) is 5.02 Å². The molecule has 30 heavy (non-hydrogen) atoms. The minimum absolute atomic E-state index is 0.0683. The van der Waals surface area contributed by atoms with Crippen LogP contribution in [0.3, 0.4) is 0 Å². The smallest absolute Gasteiger partial charge is 0.296 e. The number of halogens is 4. The topological polar surface area (TPSA) is 106 Å². The lowest BCUT2D eigenvalue weighted by atomic mass is 10.2. The second-order valence-electron chi connectivity index (χ2n) is 5.67. The van der Waals surface area contributed by atoms with E-state index in [9.17, 15) is 14.9 Å². The molecule has 0 aliphatic heterocycles. The number of thiocarbonyl (C=S) groups is 1. The Hall–Kier alpha value is -2.04. The molecule has 0 heterocycles. The Balaban J connectivity index is 2.18. The third kappa shape index (κ3) is 6.48. The van der Waals surface area contributed by atoms with Crippen molar-refractivity contribution < 1.29 is 14.5 Å². The Labute approximate surface area is 196 Å². The summed E-state index contributed by atoms with van der Waals surface area (Å²) in [6, 6.07) is 10.4. The number of hydrogen-bond acceptors (Lipinski definition) is 5. The van der Waals surface area contributed by atoms with Crippen molar-refractivity contribution in [3.05, 3.63) is 63.2 Å². The van der Waals surface area contributed by atoms with E-state index >= 15 is 0 Å². The number of nitrogens with zero attached hydrogens (tertiary/aromatic N) is 1. The van der Waals surface area contributed by atoms with Gasteiger partial charge in [0.05, 0.1) is 28.7 Å². The molecule has 0 spiro atoms. The van der Waals surface area contributed by atoms with Crippen LogP contribution in [0.5, 0.6) is 5.75 Å². The number of hydrogen-bond donors (Lipinski definition) is 3. The molecule has 0 aliphatic carbocycles. The highest BCUT2D eigenvalue weighted by Crippen LogP contribution is 2.31. The van der Waals surface area contributed by atoms with Crippen LogP contribution in [0.15, 0.2) is 42.5 Å². The van der Waals surface area contributed by atoms with Crippen molar-refractivity contribution in [1.82, 2.24) is 10.6 Å². The van der Waals surface area contributed by atoms with Crippen molar-refractivity contribution in [2.24, 2.45) is 0 Å². The lowest BCUT2D eigenvalue weighted by Crippen LogP contribution is -2.56. The monoisotopic (exact) mass is 510 g/mol. The van der Waals surface area contributed by atoms with Crippen LogP contribution in [-0.2, 0) is 0 Å². The second kappa shape index (κ2) is 10.3. The Morgan fingerprint density at radius 1 is 1.20 bits per heavy atom. The zero-order valence-electron chi connectivity index (χ0n) is 15.1. The fraction of sp³-hybridized carbons (Fsp3) is 0.176. The molecule has 0 bridgehead atoms. The number of anilines is 1. The molecule has 2 rings (SSSR count). The van der Waals surface area contributed by atoms with Gasteiger partial charge in [-0.1, -0.05) is 58.5 Å². The first-order chi connectivity index (χ1) is 14.0. The van der Waals surface area contributed by atoms with E-state index in [-0.39, 0.29) is 32.8 Å². The van der Waals surface area contributed by atoms with Crippen molar-refractivity contribution in [2.75, 3.05) is 12.4 Å². The van der Waals surface area contributed by atoms with E-state index in [1.54, 1.807) is 12.1 Å². The van der Waals surface area contributed by atoms with Crippen LogP contribution in [0, 0.1) is 10.1 Å². The molecule has 13 heteroatoms. The van der Waals surface area contributed by atoms with Crippen molar-refractivity contribution in [1.29, 1.82) is 0 Å². The van der Waals surface area contributed by atoms with Gasteiger partial charge in [0, 0.05) is 0 Å². The van der Waals surface area contributed by atoms with Crippen LogP contribution in [0.1, 0.15) is 10.4 Å². The predicted octanol–water partition coefficient (Wildman–Crippen LogP) is 4.67. The summed E-state index contributed by atoms with van der Waals surface area (Å²) < 4.78 is 2.96. The summed E-state index contributed by atoms with van der Waals surface area (Å²) in [5.74, 6) is -0.333. The minimum atomic E-state index is -2.02. The van der Waals surface area contributed by atoms with Gasteiger partial charge in [-0.25, -0.2) is 0 Å². The number of nitro groups is 1. The maximum atomic E-state index is 12.5.